The van der Waals surface area contributed by atoms with Crippen LogP contribution in [-0.4, -0.2) is 22.4 Å². The smallest absolute Gasteiger partial charge is 0.359 e. The van der Waals surface area contributed by atoms with Crippen LogP contribution in [0.1, 0.15) is 59.8 Å². The number of benzene rings is 1. The maximum Gasteiger partial charge on any atom is 0.359 e. The normalized spacial score (nSPS) is 21.5. The van der Waals surface area contributed by atoms with Gasteiger partial charge in [0.15, 0.2) is 5.69 Å². The van der Waals surface area contributed by atoms with Gasteiger partial charge in [-0.15, -0.1) is 0 Å². The van der Waals surface area contributed by atoms with E-state index < -0.39 is 17.6 Å². The Labute approximate surface area is 132 Å². The number of hydrogen-bond acceptors (Lipinski definition) is 3. The van der Waals surface area contributed by atoms with Crippen LogP contribution in [0.3, 0.4) is 0 Å². The van der Waals surface area contributed by atoms with E-state index in [-0.39, 0.29) is 12.5 Å². The number of nitrogens with zero attached hydrogens (tertiary/aromatic N) is 2. The molecule has 0 radical (unpaired) electrons. The fourth-order valence-corrected chi connectivity index (χ4v) is 3.94. The van der Waals surface area contributed by atoms with Crippen LogP contribution in [0, 0.1) is 11.6 Å². The van der Waals surface area contributed by atoms with Gasteiger partial charge in [-0.3, -0.25) is 0 Å². The molecule has 0 spiro atoms. The second-order valence-electron chi connectivity index (χ2n) is 6.11. The largest absolute Gasteiger partial charge is 0.461 e. The summed E-state index contributed by atoms with van der Waals surface area (Å²) in [5, 5.41) is 4.35. The van der Waals surface area contributed by atoms with E-state index in [2.05, 4.69) is 5.10 Å². The average Bonchev–Trinajstić information content (AvgIpc) is 3.18. The van der Waals surface area contributed by atoms with Crippen LogP contribution in [0.5, 0.6) is 0 Å². The molecule has 23 heavy (non-hydrogen) atoms. The SMILES string of the molecule is CCOC(=O)c1nn(-c2cc(F)cc(F)c2)c2c1C1CCC2C1. The first-order valence-electron chi connectivity index (χ1n) is 7.85. The summed E-state index contributed by atoms with van der Waals surface area (Å²) in [7, 11) is 0. The molecule has 120 valence electrons. The van der Waals surface area contributed by atoms with Crippen molar-refractivity contribution in [2.24, 2.45) is 0 Å². The Morgan fingerprint density at radius 2 is 1.96 bits per heavy atom. The molecule has 1 aromatic heterocycles. The maximum atomic E-state index is 13.6. The molecule has 4 rings (SSSR count). The zero-order chi connectivity index (χ0) is 16.1. The molecule has 1 heterocycles. The van der Waals surface area contributed by atoms with Gasteiger partial charge in [0.25, 0.3) is 0 Å². The molecule has 0 amide bonds. The van der Waals surface area contributed by atoms with Crippen molar-refractivity contribution in [3.8, 4) is 5.69 Å². The van der Waals surface area contributed by atoms with Crippen LogP contribution in [0.25, 0.3) is 5.69 Å². The number of carbonyl (C=O) groups excluding carboxylic acids is 1. The summed E-state index contributed by atoms with van der Waals surface area (Å²) in [6.45, 7) is 2.01. The summed E-state index contributed by atoms with van der Waals surface area (Å²) < 4.78 is 33.8. The van der Waals surface area contributed by atoms with Crippen LogP contribution in [-0.2, 0) is 4.74 Å². The lowest BCUT2D eigenvalue weighted by atomic mass is 9.95. The van der Waals surface area contributed by atoms with Crippen LogP contribution < -0.4 is 0 Å². The molecule has 0 saturated heterocycles. The molecule has 2 atom stereocenters. The molecular weight excluding hydrogens is 302 g/mol. The van der Waals surface area contributed by atoms with Crippen molar-refractivity contribution < 1.29 is 18.3 Å². The van der Waals surface area contributed by atoms with Gasteiger partial charge in [-0.2, -0.15) is 5.10 Å². The highest BCUT2D eigenvalue weighted by Gasteiger charge is 2.44. The summed E-state index contributed by atoms with van der Waals surface area (Å²) >= 11 is 0. The zero-order valence-electron chi connectivity index (χ0n) is 12.7. The molecule has 0 aliphatic heterocycles. The Kier molecular flexibility index (Phi) is 3.21. The van der Waals surface area contributed by atoms with E-state index >= 15 is 0 Å². The summed E-state index contributed by atoms with van der Waals surface area (Å²) in [6, 6.07) is 3.29. The second-order valence-corrected chi connectivity index (χ2v) is 6.11. The first kappa shape index (κ1) is 14.4. The minimum absolute atomic E-state index is 0.267. The van der Waals surface area contributed by atoms with Gasteiger partial charge in [0.05, 0.1) is 18.0 Å². The highest BCUT2D eigenvalue weighted by atomic mass is 19.1. The number of ether oxygens (including phenoxy) is 1. The fraction of sp³-hybridized carbons (Fsp3) is 0.412. The summed E-state index contributed by atoms with van der Waals surface area (Å²) in [5.74, 6) is -1.21. The lowest BCUT2D eigenvalue weighted by Gasteiger charge is -2.14. The highest BCUT2D eigenvalue weighted by molar-refractivity contribution is 5.90. The molecule has 1 fully saturated rings. The molecule has 1 aromatic carbocycles. The van der Waals surface area contributed by atoms with Gasteiger partial charge >= 0.3 is 5.97 Å². The Balaban J connectivity index is 1.90. The number of rotatable bonds is 3. The third kappa shape index (κ3) is 2.16. The predicted octanol–water partition coefficient (Wildman–Crippen LogP) is 3.69. The van der Waals surface area contributed by atoms with Gasteiger partial charge in [0, 0.05) is 17.5 Å². The zero-order valence-corrected chi connectivity index (χ0v) is 12.7. The van der Waals surface area contributed by atoms with E-state index in [9.17, 15) is 13.6 Å². The average molecular weight is 318 g/mol. The van der Waals surface area contributed by atoms with Gasteiger partial charge in [-0.25, -0.2) is 18.3 Å². The number of halogens is 2. The minimum atomic E-state index is -0.662. The number of aromatic nitrogens is 2. The molecule has 6 heteroatoms. The van der Waals surface area contributed by atoms with E-state index in [1.807, 2.05) is 0 Å². The summed E-state index contributed by atoms with van der Waals surface area (Å²) in [6.07, 6.45) is 3.01. The first-order chi connectivity index (χ1) is 11.1. The van der Waals surface area contributed by atoms with Crippen molar-refractivity contribution in [3.05, 3.63) is 46.8 Å². The monoisotopic (exact) mass is 318 g/mol. The third-order valence-electron chi connectivity index (χ3n) is 4.75. The van der Waals surface area contributed by atoms with E-state index in [4.69, 9.17) is 4.74 Å². The lowest BCUT2D eigenvalue weighted by molar-refractivity contribution is 0.0517. The highest BCUT2D eigenvalue weighted by Crippen LogP contribution is 2.54. The molecule has 4 nitrogen and oxygen atoms in total. The third-order valence-corrected chi connectivity index (χ3v) is 4.75. The van der Waals surface area contributed by atoms with Gasteiger partial charge in [-0.1, -0.05) is 0 Å². The molecular formula is C17H16F2N2O2. The number of fused-ring (bicyclic) bond motifs is 5. The quantitative estimate of drug-likeness (QED) is 0.811. The molecule has 2 bridgehead atoms. The molecule has 2 unspecified atom stereocenters. The Bertz CT molecular complexity index is 780. The first-order valence-corrected chi connectivity index (χ1v) is 7.85. The van der Waals surface area contributed by atoms with Crippen LogP contribution >= 0.6 is 0 Å². The Hall–Kier alpha value is -2.24. The van der Waals surface area contributed by atoms with Crippen LogP contribution in [0.4, 0.5) is 8.78 Å². The minimum Gasteiger partial charge on any atom is -0.461 e. The van der Waals surface area contributed by atoms with E-state index in [0.717, 1.165) is 36.6 Å². The van der Waals surface area contributed by atoms with Gasteiger partial charge in [0.1, 0.15) is 11.6 Å². The van der Waals surface area contributed by atoms with Gasteiger partial charge in [0.2, 0.25) is 0 Å². The van der Waals surface area contributed by atoms with Crippen molar-refractivity contribution in [2.45, 2.75) is 38.0 Å². The van der Waals surface area contributed by atoms with Crippen molar-refractivity contribution in [1.29, 1.82) is 0 Å². The van der Waals surface area contributed by atoms with Crippen molar-refractivity contribution >= 4 is 5.97 Å². The number of carbonyl (C=O) groups is 1. The summed E-state index contributed by atoms with van der Waals surface area (Å²) in [5.41, 5.74) is 2.42. The Morgan fingerprint density at radius 3 is 2.65 bits per heavy atom. The Morgan fingerprint density at radius 1 is 1.26 bits per heavy atom. The van der Waals surface area contributed by atoms with Crippen LogP contribution in [0.15, 0.2) is 18.2 Å². The van der Waals surface area contributed by atoms with Crippen molar-refractivity contribution in [1.82, 2.24) is 9.78 Å². The van der Waals surface area contributed by atoms with Gasteiger partial charge in [-0.05, 0) is 44.2 Å². The molecule has 2 aromatic rings. The lowest BCUT2D eigenvalue weighted by Crippen LogP contribution is -2.09. The van der Waals surface area contributed by atoms with E-state index in [0.29, 0.717) is 17.3 Å². The van der Waals surface area contributed by atoms with Crippen molar-refractivity contribution in [2.75, 3.05) is 6.61 Å². The standard InChI is InChI=1S/C17H16F2N2O2/c1-2-23-17(22)15-14-9-3-4-10(5-9)16(14)21(20-15)13-7-11(18)6-12(19)8-13/h6-10H,2-5H2,1H3. The summed E-state index contributed by atoms with van der Waals surface area (Å²) in [4.78, 5) is 12.2. The molecule has 2 aliphatic rings. The molecule has 0 N–H and O–H groups in total. The second kappa shape index (κ2) is 5.15. The van der Waals surface area contributed by atoms with Gasteiger partial charge < -0.3 is 4.74 Å². The number of esters is 1. The van der Waals surface area contributed by atoms with Crippen molar-refractivity contribution in [3.63, 3.8) is 0 Å². The fourth-order valence-electron chi connectivity index (χ4n) is 3.94. The van der Waals surface area contributed by atoms with Crippen LogP contribution in [0.2, 0.25) is 0 Å². The van der Waals surface area contributed by atoms with E-state index in [1.54, 1.807) is 6.92 Å². The molecule has 1 saturated carbocycles. The molecule has 2 aliphatic carbocycles. The van der Waals surface area contributed by atoms with E-state index in [1.165, 1.54) is 16.8 Å². The topological polar surface area (TPSA) is 44.1 Å². The number of hydrogen-bond donors (Lipinski definition) is 0. The predicted molar refractivity (Wildman–Crippen MR) is 78.8 cm³/mol. The maximum absolute atomic E-state index is 13.6.